The van der Waals surface area contributed by atoms with Crippen LogP contribution in [0.4, 0.5) is 0 Å². The van der Waals surface area contributed by atoms with Crippen molar-refractivity contribution in [3.05, 3.63) is 69.8 Å². The highest BCUT2D eigenvalue weighted by Crippen LogP contribution is 2.28. The molecule has 1 saturated heterocycles. The fourth-order valence-electron chi connectivity index (χ4n) is 2.82. The second-order valence-corrected chi connectivity index (χ2v) is 7.33. The number of halogens is 1. The maximum Gasteiger partial charge on any atom is 0.335 e. The maximum absolute atomic E-state index is 12.4. The molecule has 1 fully saturated rings. The van der Waals surface area contributed by atoms with E-state index in [2.05, 4.69) is 0 Å². The monoisotopic (exact) mass is 444 g/mol. The number of carboxylic acid groups (broad SMARTS) is 1. The molecule has 2 aromatic carbocycles. The lowest BCUT2D eigenvalue weighted by Crippen LogP contribution is -2.52. The average Bonchev–Trinajstić information content (AvgIpc) is 2.73. The van der Waals surface area contributed by atoms with Crippen molar-refractivity contribution in [3.63, 3.8) is 0 Å². The van der Waals surface area contributed by atoms with Gasteiger partial charge in [-0.3, -0.25) is 19.4 Å². The first-order valence-corrected chi connectivity index (χ1v) is 9.54. The molecule has 0 spiro atoms. The topological polar surface area (TPSA) is 87.1 Å². The summed E-state index contributed by atoms with van der Waals surface area (Å²) in [6.07, 6.45) is 1.45. The Labute approximate surface area is 183 Å². The lowest BCUT2D eigenvalue weighted by atomic mass is 10.1. The van der Waals surface area contributed by atoms with Gasteiger partial charge < -0.3 is 9.84 Å². The number of hydrogen-bond donors (Lipinski definition) is 1. The molecule has 0 atom stereocenters. The van der Waals surface area contributed by atoms with Gasteiger partial charge in [0.25, 0.3) is 11.8 Å². The molecule has 1 aliphatic rings. The molecular weight excluding hydrogens is 428 g/mol. The Morgan fingerprint density at radius 2 is 1.80 bits per heavy atom. The second-order valence-electron chi connectivity index (χ2n) is 6.55. The molecule has 1 N–H and O–H groups in total. The first kappa shape index (κ1) is 21.5. The Balaban J connectivity index is 1.78. The van der Waals surface area contributed by atoms with Crippen molar-refractivity contribution in [2.24, 2.45) is 0 Å². The van der Waals surface area contributed by atoms with Crippen molar-refractivity contribution in [2.45, 2.75) is 6.61 Å². The van der Waals surface area contributed by atoms with Gasteiger partial charge in [0.1, 0.15) is 17.9 Å². The van der Waals surface area contributed by atoms with Gasteiger partial charge in [-0.25, -0.2) is 4.79 Å². The van der Waals surface area contributed by atoms with E-state index in [1.807, 2.05) is 0 Å². The zero-order valence-corrected chi connectivity index (χ0v) is 17.7. The van der Waals surface area contributed by atoms with Crippen molar-refractivity contribution in [1.29, 1.82) is 0 Å². The number of aromatic carboxylic acids is 1. The summed E-state index contributed by atoms with van der Waals surface area (Å²) in [5, 5.41) is 9.48. The van der Waals surface area contributed by atoms with E-state index in [-0.39, 0.29) is 27.9 Å². The quantitative estimate of drug-likeness (QED) is 0.433. The van der Waals surface area contributed by atoms with E-state index >= 15 is 0 Å². The number of ether oxygens (including phenoxy) is 1. The minimum absolute atomic E-state index is 0.0242. The Morgan fingerprint density at radius 1 is 1.13 bits per heavy atom. The molecule has 0 aliphatic carbocycles. The van der Waals surface area contributed by atoms with Crippen LogP contribution in [0.25, 0.3) is 6.08 Å². The molecule has 0 bridgehead atoms. The van der Waals surface area contributed by atoms with Crippen LogP contribution in [-0.2, 0) is 16.2 Å². The minimum Gasteiger partial charge on any atom is -0.487 e. The number of thiocarbonyl (C=S) groups is 1. The van der Waals surface area contributed by atoms with E-state index in [1.54, 1.807) is 30.3 Å². The Kier molecular flexibility index (Phi) is 6.19. The van der Waals surface area contributed by atoms with Crippen LogP contribution in [0.1, 0.15) is 21.5 Å². The molecule has 154 valence electrons. The van der Waals surface area contributed by atoms with Crippen LogP contribution in [0.3, 0.4) is 0 Å². The molecule has 0 saturated carbocycles. The molecule has 2 amide bonds. The van der Waals surface area contributed by atoms with Gasteiger partial charge >= 0.3 is 5.97 Å². The number of carbonyl (C=O) groups is 3. The van der Waals surface area contributed by atoms with Crippen molar-refractivity contribution in [3.8, 4) is 5.75 Å². The first-order chi connectivity index (χ1) is 14.2. The number of hydrogen-bond acceptors (Lipinski definition) is 5. The summed E-state index contributed by atoms with van der Waals surface area (Å²) in [6, 6.07) is 11.3. The van der Waals surface area contributed by atoms with Crippen molar-refractivity contribution in [1.82, 2.24) is 9.80 Å². The van der Waals surface area contributed by atoms with Gasteiger partial charge in [0, 0.05) is 14.1 Å². The van der Waals surface area contributed by atoms with E-state index in [1.165, 1.54) is 42.1 Å². The predicted octanol–water partition coefficient (Wildman–Crippen LogP) is 3.22. The number of amides is 2. The number of benzene rings is 2. The van der Waals surface area contributed by atoms with E-state index in [9.17, 15) is 14.4 Å². The lowest BCUT2D eigenvalue weighted by molar-refractivity contribution is -0.132. The SMILES string of the molecule is CN1C(=O)C(=Cc2ccc(OCc3cccc(C(=O)O)c3)c(Cl)c2)C(=O)N(C)C1=S. The van der Waals surface area contributed by atoms with Crippen LogP contribution in [0.15, 0.2) is 48.0 Å². The van der Waals surface area contributed by atoms with Crippen LogP contribution >= 0.6 is 23.8 Å². The van der Waals surface area contributed by atoms with Gasteiger partial charge in [-0.2, -0.15) is 0 Å². The summed E-state index contributed by atoms with van der Waals surface area (Å²) < 4.78 is 5.68. The van der Waals surface area contributed by atoms with Gasteiger partial charge in [-0.05, 0) is 53.7 Å². The molecule has 7 nitrogen and oxygen atoms in total. The lowest BCUT2D eigenvalue weighted by Gasteiger charge is -2.31. The molecule has 1 heterocycles. The number of likely N-dealkylation sites (N-methyl/N-ethyl adjacent to an activating group) is 2. The molecule has 0 radical (unpaired) electrons. The summed E-state index contributed by atoms with van der Waals surface area (Å²) >= 11 is 11.4. The van der Waals surface area contributed by atoms with E-state index in [0.717, 1.165) is 0 Å². The fourth-order valence-corrected chi connectivity index (χ4v) is 3.23. The molecule has 1 aliphatic heterocycles. The fraction of sp³-hybridized carbons (Fsp3) is 0.143. The smallest absolute Gasteiger partial charge is 0.335 e. The number of nitrogens with zero attached hydrogens (tertiary/aromatic N) is 2. The summed E-state index contributed by atoms with van der Waals surface area (Å²) in [5.41, 5.74) is 1.37. The van der Waals surface area contributed by atoms with Gasteiger partial charge in [0.15, 0.2) is 5.11 Å². The summed E-state index contributed by atoms with van der Waals surface area (Å²) in [6.45, 7) is 0.130. The third kappa shape index (κ3) is 4.34. The first-order valence-electron chi connectivity index (χ1n) is 8.75. The zero-order chi connectivity index (χ0) is 22.0. The molecule has 30 heavy (non-hydrogen) atoms. The number of rotatable bonds is 5. The van der Waals surface area contributed by atoms with Crippen molar-refractivity contribution in [2.75, 3.05) is 14.1 Å². The van der Waals surface area contributed by atoms with Gasteiger partial charge in [-0.1, -0.05) is 29.8 Å². The van der Waals surface area contributed by atoms with E-state index in [4.69, 9.17) is 33.7 Å². The molecule has 0 aromatic heterocycles. The predicted molar refractivity (Wildman–Crippen MR) is 115 cm³/mol. The summed E-state index contributed by atoms with van der Waals surface area (Å²) in [4.78, 5) is 38.3. The normalized spacial score (nSPS) is 14.2. The third-order valence-electron chi connectivity index (χ3n) is 4.48. The average molecular weight is 445 g/mol. The maximum atomic E-state index is 12.4. The van der Waals surface area contributed by atoms with Gasteiger partial charge in [0.2, 0.25) is 0 Å². The standard InChI is InChI=1S/C21H17ClN2O5S/c1-23-18(25)15(19(26)24(2)21(23)30)9-12-6-7-17(16(22)10-12)29-11-13-4-3-5-14(8-13)20(27)28/h3-10H,11H2,1-2H3,(H,27,28). The summed E-state index contributed by atoms with van der Waals surface area (Å²) in [7, 11) is 3.01. The Hall–Kier alpha value is -3.23. The van der Waals surface area contributed by atoms with E-state index in [0.29, 0.717) is 16.9 Å². The van der Waals surface area contributed by atoms with Gasteiger partial charge in [-0.15, -0.1) is 0 Å². The van der Waals surface area contributed by atoms with Crippen LogP contribution in [0.2, 0.25) is 5.02 Å². The molecule has 0 unspecified atom stereocenters. The van der Waals surface area contributed by atoms with Crippen molar-refractivity contribution < 1.29 is 24.2 Å². The molecule has 2 aromatic rings. The molecule has 3 rings (SSSR count). The highest BCUT2D eigenvalue weighted by atomic mass is 35.5. The Bertz CT molecular complexity index is 1070. The highest BCUT2D eigenvalue weighted by molar-refractivity contribution is 7.80. The highest BCUT2D eigenvalue weighted by Gasteiger charge is 2.35. The minimum atomic E-state index is -1.02. The molecule has 9 heteroatoms. The van der Waals surface area contributed by atoms with Crippen LogP contribution in [-0.4, -0.2) is 51.9 Å². The van der Waals surface area contributed by atoms with Crippen LogP contribution in [0.5, 0.6) is 5.75 Å². The number of carbonyl (C=O) groups excluding carboxylic acids is 2. The van der Waals surface area contributed by atoms with E-state index < -0.39 is 17.8 Å². The van der Waals surface area contributed by atoms with Crippen LogP contribution < -0.4 is 4.74 Å². The largest absolute Gasteiger partial charge is 0.487 e. The zero-order valence-electron chi connectivity index (χ0n) is 16.1. The Morgan fingerprint density at radius 3 is 2.40 bits per heavy atom. The third-order valence-corrected chi connectivity index (χ3v) is 5.32. The van der Waals surface area contributed by atoms with Crippen molar-refractivity contribution >= 4 is 52.8 Å². The number of carboxylic acids is 1. The van der Waals surface area contributed by atoms with Gasteiger partial charge in [0.05, 0.1) is 10.6 Å². The molecular formula is C21H17ClN2O5S. The second kappa shape index (κ2) is 8.64. The van der Waals surface area contributed by atoms with Crippen LogP contribution in [0, 0.1) is 0 Å². The summed E-state index contributed by atoms with van der Waals surface area (Å²) in [5.74, 6) is -1.61.